The lowest BCUT2D eigenvalue weighted by Crippen LogP contribution is -2.59. The number of esters is 1. The first-order valence-electron chi connectivity index (χ1n) is 20.1. The lowest BCUT2D eigenvalue weighted by Gasteiger charge is -2.61. The molecular formula is C44H52ClN9O6. The van der Waals surface area contributed by atoms with E-state index in [0.717, 1.165) is 19.3 Å². The number of aromatic nitrogens is 5. The van der Waals surface area contributed by atoms with E-state index < -0.39 is 42.8 Å². The van der Waals surface area contributed by atoms with Gasteiger partial charge in [-0.05, 0) is 100 Å². The van der Waals surface area contributed by atoms with Crippen LogP contribution in [0.1, 0.15) is 97.5 Å². The highest BCUT2D eigenvalue weighted by molar-refractivity contribution is 6.36. The Morgan fingerprint density at radius 1 is 1.07 bits per heavy atom. The summed E-state index contributed by atoms with van der Waals surface area (Å²) in [6, 6.07) is 10.8. The van der Waals surface area contributed by atoms with E-state index in [1.165, 1.54) is 15.7 Å². The standard InChI is InChI=1S/C44H52ClN9O6/c1-25(49-26(2)60-43(6,7)8)40(56)58-24-59-41(57)54(29-15-33-36(48-23-42(3,4)5)28(20-46)21-47-37(33)34(45)16-29)38(35-22-53(51-50-35)44-17-27(18-44)19-44)31-11-10-12-32-30(31)13-14-52(9)39(32)55/h10-16,21-22,25-27,38,49H,17-19,23-24H2,1-9H3,(H,47,48)/t25-,26?,27?,38-,44?/m0/s1. The number of ether oxygens (including phenoxy) is 3. The van der Waals surface area contributed by atoms with Crippen molar-refractivity contribution in [3.63, 3.8) is 0 Å². The second kappa shape index (κ2) is 16.1. The molecule has 3 saturated carbocycles. The van der Waals surface area contributed by atoms with Crippen molar-refractivity contribution >= 4 is 56.7 Å². The highest BCUT2D eigenvalue weighted by Gasteiger charge is 2.59. The van der Waals surface area contributed by atoms with Crippen LogP contribution in [0.15, 0.2) is 59.8 Å². The topological polar surface area (TPSA) is 179 Å². The predicted molar refractivity (Wildman–Crippen MR) is 229 cm³/mol. The summed E-state index contributed by atoms with van der Waals surface area (Å²) in [7, 11) is 1.67. The molecule has 0 radical (unpaired) electrons. The van der Waals surface area contributed by atoms with Gasteiger partial charge in [0.1, 0.15) is 30.1 Å². The molecule has 3 fully saturated rings. The first kappa shape index (κ1) is 42.6. The number of amides is 1. The van der Waals surface area contributed by atoms with Crippen LogP contribution in [0.2, 0.25) is 5.02 Å². The fraction of sp³-hybridized carbons (Fsp3) is 0.477. The van der Waals surface area contributed by atoms with Gasteiger partial charge >= 0.3 is 12.1 Å². The van der Waals surface area contributed by atoms with Gasteiger partial charge in [-0.3, -0.25) is 24.8 Å². The van der Waals surface area contributed by atoms with Crippen LogP contribution >= 0.6 is 11.6 Å². The molecule has 3 heterocycles. The van der Waals surface area contributed by atoms with Crippen molar-refractivity contribution < 1.29 is 23.8 Å². The number of nitriles is 1. The minimum absolute atomic E-state index is 0.131. The molecule has 16 heteroatoms. The molecule has 1 amide bonds. The molecule has 3 aliphatic rings. The van der Waals surface area contributed by atoms with Crippen LogP contribution in [0.25, 0.3) is 21.7 Å². The van der Waals surface area contributed by atoms with E-state index in [9.17, 15) is 19.6 Å². The Morgan fingerprint density at radius 3 is 2.45 bits per heavy atom. The van der Waals surface area contributed by atoms with Gasteiger partial charge in [0.25, 0.3) is 5.56 Å². The fourth-order valence-electron chi connectivity index (χ4n) is 8.11. The van der Waals surface area contributed by atoms with Crippen LogP contribution in [0.5, 0.6) is 0 Å². The zero-order valence-electron chi connectivity index (χ0n) is 35.5. The first-order chi connectivity index (χ1) is 28.3. The van der Waals surface area contributed by atoms with E-state index in [0.29, 0.717) is 51.1 Å². The number of fused-ring (bicyclic) bond motifs is 2. The van der Waals surface area contributed by atoms with E-state index in [-0.39, 0.29) is 32.8 Å². The number of aryl methyl sites for hydroxylation is 1. The Kier molecular flexibility index (Phi) is 11.4. The second-order valence-electron chi connectivity index (χ2n) is 18.3. The van der Waals surface area contributed by atoms with Crippen LogP contribution in [0, 0.1) is 22.7 Å². The van der Waals surface area contributed by atoms with Crippen molar-refractivity contribution in [3.05, 3.63) is 87.2 Å². The lowest BCUT2D eigenvalue weighted by atomic mass is 9.50. The molecule has 8 rings (SSSR count). The monoisotopic (exact) mass is 837 g/mol. The molecule has 2 aromatic carbocycles. The molecule has 0 saturated heterocycles. The quantitative estimate of drug-likeness (QED) is 0.0881. The third-order valence-electron chi connectivity index (χ3n) is 11.0. The van der Waals surface area contributed by atoms with Crippen molar-refractivity contribution in [1.29, 1.82) is 5.26 Å². The van der Waals surface area contributed by atoms with Crippen LogP contribution < -0.4 is 21.1 Å². The average Bonchev–Trinajstić information content (AvgIpc) is 3.60. The van der Waals surface area contributed by atoms with Gasteiger partial charge < -0.3 is 24.1 Å². The number of hydrogen-bond acceptors (Lipinski definition) is 12. The number of anilines is 2. The van der Waals surface area contributed by atoms with Crippen LogP contribution in [0.4, 0.5) is 16.2 Å². The fourth-order valence-corrected chi connectivity index (χ4v) is 8.37. The molecule has 3 aromatic heterocycles. The van der Waals surface area contributed by atoms with E-state index >= 15 is 0 Å². The van der Waals surface area contributed by atoms with Gasteiger partial charge in [0.05, 0.1) is 44.8 Å². The third-order valence-corrected chi connectivity index (χ3v) is 11.3. The summed E-state index contributed by atoms with van der Waals surface area (Å²) in [5, 5.41) is 27.7. The third kappa shape index (κ3) is 8.54. The molecule has 60 heavy (non-hydrogen) atoms. The maximum Gasteiger partial charge on any atom is 0.418 e. The van der Waals surface area contributed by atoms with E-state index in [2.05, 4.69) is 52.8 Å². The van der Waals surface area contributed by atoms with Crippen molar-refractivity contribution in [1.82, 2.24) is 29.9 Å². The van der Waals surface area contributed by atoms with E-state index in [4.69, 9.17) is 25.8 Å². The number of benzene rings is 2. The molecule has 2 N–H and O–H groups in total. The Hall–Kier alpha value is -5.56. The Labute approximate surface area is 353 Å². The Morgan fingerprint density at radius 2 is 1.80 bits per heavy atom. The molecule has 3 atom stereocenters. The van der Waals surface area contributed by atoms with Crippen molar-refractivity contribution in [2.45, 2.75) is 104 Å². The highest BCUT2D eigenvalue weighted by Crippen LogP contribution is 2.62. The van der Waals surface area contributed by atoms with Gasteiger partial charge in [0, 0.05) is 36.8 Å². The summed E-state index contributed by atoms with van der Waals surface area (Å²) in [5.74, 6) is -0.00289. The predicted octanol–water partition coefficient (Wildman–Crippen LogP) is 7.54. The molecule has 316 valence electrons. The Bertz CT molecular complexity index is 2550. The van der Waals surface area contributed by atoms with Crippen LogP contribution in [-0.4, -0.2) is 67.8 Å². The van der Waals surface area contributed by atoms with Gasteiger partial charge in [0.15, 0.2) is 0 Å². The molecule has 5 aromatic rings. The van der Waals surface area contributed by atoms with Gasteiger partial charge in [-0.2, -0.15) is 5.26 Å². The van der Waals surface area contributed by atoms with Gasteiger partial charge in [-0.15, -0.1) is 5.10 Å². The molecule has 2 bridgehead atoms. The maximum absolute atomic E-state index is 14.9. The van der Waals surface area contributed by atoms with Crippen LogP contribution in [-0.2, 0) is 31.6 Å². The van der Waals surface area contributed by atoms with Gasteiger partial charge in [0.2, 0.25) is 6.79 Å². The minimum atomic E-state index is -1.05. The van der Waals surface area contributed by atoms with Gasteiger partial charge in [-0.1, -0.05) is 49.7 Å². The zero-order chi connectivity index (χ0) is 43.3. The number of nitrogens with zero attached hydrogens (tertiary/aromatic N) is 7. The van der Waals surface area contributed by atoms with Crippen molar-refractivity contribution in [3.8, 4) is 6.07 Å². The average molecular weight is 838 g/mol. The van der Waals surface area contributed by atoms with Crippen molar-refractivity contribution in [2.24, 2.45) is 18.4 Å². The molecule has 0 spiro atoms. The first-order valence-corrected chi connectivity index (χ1v) is 20.5. The van der Waals surface area contributed by atoms with Crippen LogP contribution in [0.3, 0.4) is 0 Å². The number of halogens is 1. The van der Waals surface area contributed by atoms with E-state index in [1.807, 2.05) is 43.8 Å². The number of carbonyl (C=O) groups excluding carboxylic acids is 2. The minimum Gasteiger partial charge on any atom is -0.427 e. The van der Waals surface area contributed by atoms with E-state index in [1.54, 1.807) is 51.4 Å². The summed E-state index contributed by atoms with van der Waals surface area (Å²) in [6.45, 7) is 15.1. The highest BCUT2D eigenvalue weighted by atomic mass is 35.5. The largest absolute Gasteiger partial charge is 0.427 e. The molecule has 3 aliphatic carbocycles. The number of nitrogens with one attached hydrogen (secondary N) is 2. The number of rotatable bonds is 13. The zero-order valence-corrected chi connectivity index (χ0v) is 36.3. The van der Waals surface area contributed by atoms with Gasteiger partial charge in [-0.25, -0.2) is 9.48 Å². The number of hydrogen-bond donors (Lipinski definition) is 2. The lowest BCUT2D eigenvalue weighted by molar-refractivity contribution is -0.156. The number of pyridine rings is 2. The molecular weight excluding hydrogens is 786 g/mol. The Balaban J connectivity index is 1.35. The second-order valence-corrected chi connectivity index (χ2v) is 18.7. The summed E-state index contributed by atoms with van der Waals surface area (Å²) in [6.07, 6.45) is 6.58. The molecule has 15 nitrogen and oxygen atoms in total. The summed E-state index contributed by atoms with van der Waals surface area (Å²) >= 11 is 7.04. The summed E-state index contributed by atoms with van der Waals surface area (Å²) in [4.78, 5) is 47.5. The molecule has 0 aliphatic heterocycles. The summed E-state index contributed by atoms with van der Waals surface area (Å²) in [5.41, 5.74) is 1.43. The SMILES string of the molecule is CC(N[C@@H](C)C(=O)OCOC(=O)N(c1cc(Cl)c2ncc(C#N)c(NCC(C)(C)C)c2c1)[C@H](c1cn(C23CC(C2)C3)nn1)c1cccc2c(=O)n(C)ccc12)OC(C)(C)C. The maximum atomic E-state index is 14.9. The smallest absolute Gasteiger partial charge is 0.418 e. The molecule has 1 unspecified atom stereocenters. The summed E-state index contributed by atoms with van der Waals surface area (Å²) < 4.78 is 20.6. The normalized spacial score (nSPS) is 18.8. The number of carbonyl (C=O) groups is 2. The van der Waals surface area contributed by atoms with Crippen molar-refractivity contribution in [2.75, 3.05) is 23.6 Å².